The summed E-state index contributed by atoms with van der Waals surface area (Å²) in [7, 11) is 0. The van der Waals surface area contributed by atoms with E-state index in [9.17, 15) is 9.59 Å². The molecule has 0 saturated heterocycles. The van der Waals surface area contributed by atoms with Crippen LogP contribution < -0.4 is 15.4 Å². The van der Waals surface area contributed by atoms with Crippen LogP contribution in [0.3, 0.4) is 0 Å². The van der Waals surface area contributed by atoms with E-state index in [-0.39, 0.29) is 31.0 Å². The normalized spacial score (nSPS) is 11.4. The molecule has 0 bridgehead atoms. The second kappa shape index (κ2) is 8.93. The van der Waals surface area contributed by atoms with Gasteiger partial charge in [-0.15, -0.1) is 0 Å². The topological polar surface area (TPSA) is 67.4 Å². The smallest absolute Gasteiger partial charge is 0.258 e. The number of halogens is 1. The summed E-state index contributed by atoms with van der Waals surface area (Å²) in [5, 5.41) is 5.93. The van der Waals surface area contributed by atoms with Crippen molar-refractivity contribution in [2.75, 3.05) is 13.2 Å². The van der Waals surface area contributed by atoms with Gasteiger partial charge in [0.2, 0.25) is 5.91 Å². The molecule has 1 unspecified atom stereocenters. The number of carbonyl (C=O) groups excluding carboxylic acids is 2. The molecule has 0 radical (unpaired) electrons. The Bertz CT molecular complexity index is 692. The predicted molar refractivity (Wildman–Crippen MR) is 93.0 cm³/mol. The van der Waals surface area contributed by atoms with E-state index >= 15 is 0 Å². The molecule has 2 aromatic carbocycles. The van der Waals surface area contributed by atoms with E-state index in [4.69, 9.17) is 16.3 Å². The highest BCUT2D eigenvalue weighted by Gasteiger charge is 2.11. The zero-order valence-electron chi connectivity index (χ0n) is 13.3. The fourth-order valence-electron chi connectivity index (χ4n) is 2.05. The van der Waals surface area contributed by atoms with E-state index in [1.807, 2.05) is 37.3 Å². The second-order valence-corrected chi connectivity index (χ2v) is 5.66. The van der Waals surface area contributed by atoms with Gasteiger partial charge in [0, 0.05) is 5.02 Å². The van der Waals surface area contributed by atoms with Gasteiger partial charge in [-0.1, -0.05) is 41.9 Å². The first kappa shape index (κ1) is 17.8. The van der Waals surface area contributed by atoms with Crippen LogP contribution in [-0.2, 0) is 9.59 Å². The van der Waals surface area contributed by atoms with Crippen molar-refractivity contribution in [2.45, 2.75) is 13.0 Å². The Morgan fingerprint density at radius 3 is 2.54 bits per heavy atom. The van der Waals surface area contributed by atoms with Gasteiger partial charge < -0.3 is 15.4 Å². The molecule has 2 N–H and O–H groups in total. The first-order valence-corrected chi connectivity index (χ1v) is 7.92. The van der Waals surface area contributed by atoms with Crippen LogP contribution in [0.5, 0.6) is 5.75 Å². The summed E-state index contributed by atoms with van der Waals surface area (Å²) >= 11 is 5.93. The lowest BCUT2D eigenvalue weighted by atomic mass is 10.1. The molecule has 0 fully saturated rings. The van der Waals surface area contributed by atoms with Gasteiger partial charge in [0.05, 0.1) is 12.6 Å². The zero-order chi connectivity index (χ0) is 17.4. The average molecular weight is 347 g/mol. The standard InChI is InChI=1S/C18H19ClN2O3/c1-13(14-6-5-7-15(19)10-14)21-17(22)11-20-18(23)12-24-16-8-3-2-4-9-16/h2-10,13H,11-12H2,1H3,(H,20,23)(H,21,22). The van der Waals surface area contributed by atoms with E-state index in [2.05, 4.69) is 10.6 Å². The van der Waals surface area contributed by atoms with E-state index in [0.717, 1.165) is 5.56 Å². The van der Waals surface area contributed by atoms with Crippen LogP contribution in [0.15, 0.2) is 54.6 Å². The third-order valence-corrected chi connectivity index (χ3v) is 3.52. The number of carbonyl (C=O) groups is 2. The molecule has 2 amide bonds. The minimum atomic E-state index is -0.357. The largest absolute Gasteiger partial charge is 0.484 e. The van der Waals surface area contributed by atoms with E-state index in [1.165, 1.54) is 0 Å². The van der Waals surface area contributed by atoms with Crippen LogP contribution in [0, 0.1) is 0 Å². The molecule has 0 aliphatic heterocycles. The summed E-state index contributed by atoms with van der Waals surface area (Å²) in [4.78, 5) is 23.6. The van der Waals surface area contributed by atoms with Gasteiger partial charge in [-0.2, -0.15) is 0 Å². The second-order valence-electron chi connectivity index (χ2n) is 5.22. The molecule has 126 valence electrons. The molecule has 24 heavy (non-hydrogen) atoms. The molecule has 2 rings (SSSR count). The van der Waals surface area contributed by atoms with E-state index in [0.29, 0.717) is 10.8 Å². The number of hydrogen-bond acceptors (Lipinski definition) is 3. The lowest BCUT2D eigenvalue weighted by Gasteiger charge is -2.15. The van der Waals surface area contributed by atoms with Crippen molar-refractivity contribution in [3.8, 4) is 5.75 Å². The maximum atomic E-state index is 11.9. The van der Waals surface area contributed by atoms with Crippen LogP contribution in [0.1, 0.15) is 18.5 Å². The summed E-state index contributed by atoms with van der Waals surface area (Å²) in [6, 6.07) is 16.1. The molecule has 0 aliphatic rings. The molecule has 0 saturated carbocycles. The Morgan fingerprint density at radius 2 is 1.83 bits per heavy atom. The predicted octanol–water partition coefficient (Wildman–Crippen LogP) is 2.71. The van der Waals surface area contributed by atoms with E-state index < -0.39 is 0 Å². The first-order chi connectivity index (χ1) is 11.5. The fraction of sp³-hybridized carbons (Fsp3) is 0.222. The summed E-state index contributed by atoms with van der Waals surface area (Å²) in [5.74, 6) is -0.0355. The van der Waals surface area contributed by atoms with Crippen molar-refractivity contribution in [1.82, 2.24) is 10.6 Å². The summed E-state index contributed by atoms with van der Waals surface area (Å²) in [5.41, 5.74) is 0.898. The Kier molecular flexibility index (Phi) is 6.63. The number of ether oxygens (including phenoxy) is 1. The van der Waals surface area contributed by atoms with Gasteiger partial charge in [-0.25, -0.2) is 0 Å². The van der Waals surface area contributed by atoms with Crippen molar-refractivity contribution in [3.05, 3.63) is 65.2 Å². The molecular formula is C18H19ClN2O3. The van der Waals surface area contributed by atoms with E-state index in [1.54, 1.807) is 24.3 Å². The number of amides is 2. The Labute approximate surface area is 146 Å². The fourth-order valence-corrected chi connectivity index (χ4v) is 2.25. The molecule has 5 nitrogen and oxygen atoms in total. The molecule has 2 aromatic rings. The van der Waals surface area contributed by atoms with Crippen LogP contribution in [0.25, 0.3) is 0 Å². The molecule has 0 aromatic heterocycles. The van der Waals surface area contributed by atoms with Gasteiger partial charge in [0.1, 0.15) is 5.75 Å². The third-order valence-electron chi connectivity index (χ3n) is 3.29. The Balaban J connectivity index is 1.71. The van der Waals surface area contributed by atoms with Gasteiger partial charge >= 0.3 is 0 Å². The van der Waals surface area contributed by atoms with Crippen molar-refractivity contribution >= 4 is 23.4 Å². The minimum Gasteiger partial charge on any atom is -0.484 e. The quantitative estimate of drug-likeness (QED) is 0.810. The SMILES string of the molecule is CC(NC(=O)CNC(=O)COc1ccccc1)c1cccc(Cl)c1. The monoisotopic (exact) mass is 346 g/mol. The molecule has 0 aliphatic carbocycles. The summed E-state index contributed by atoms with van der Waals surface area (Å²) in [6.07, 6.45) is 0. The van der Waals surface area contributed by atoms with Gasteiger partial charge in [0.25, 0.3) is 5.91 Å². The van der Waals surface area contributed by atoms with Crippen molar-refractivity contribution in [3.63, 3.8) is 0 Å². The highest BCUT2D eigenvalue weighted by molar-refractivity contribution is 6.30. The van der Waals surface area contributed by atoms with Crippen molar-refractivity contribution in [1.29, 1.82) is 0 Å². The maximum Gasteiger partial charge on any atom is 0.258 e. The highest BCUT2D eigenvalue weighted by atomic mass is 35.5. The molecule has 1 atom stereocenters. The Hall–Kier alpha value is -2.53. The Morgan fingerprint density at radius 1 is 1.08 bits per heavy atom. The number of para-hydroxylation sites is 1. The van der Waals surface area contributed by atoms with Gasteiger partial charge in [-0.3, -0.25) is 9.59 Å². The van der Waals surface area contributed by atoms with Crippen LogP contribution in [0.2, 0.25) is 5.02 Å². The zero-order valence-corrected chi connectivity index (χ0v) is 14.0. The number of rotatable bonds is 7. The average Bonchev–Trinajstić information content (AvgIpc) is 2.59. The number of hydrogen-bond donors (Lipinski definition) is 2. The van der Waals surface area contributed by atoms with Gasteiger partial charge in [-0.05, 0) is 36.8 Å². The van der Waals surface area contributed by atoms with Crippen LogP contribution in [-0.4, -0.2) is 25.0 Å². The first-order valence-electron chi connectivity index (χ1n) is 7.54. The van der Waals surface area contributed by atoms with Crippen molar-refractivity contribution in [2.24, 2.45) is 0 Å². The van der Waals surface area contributed by atoms with Crippen molar-refractivity contribution < 1.29 is 14.3 Å². The third kappa shape index (κ3) is 5.93. The summed E-state index contributed by atoms with van der Waals surface area (Å²) < 4.78 is 5.31. The lowest BCUT2D eigenvalue weighted by molar-refractivity contribution is -0.127. The molecule has 6 heteroatoms. The van der Waals surface area contributed by atoms with Crippen LogP contribution in [0.4, 0.5) is 0 Å². The molecule has 0 heterocycles. The lowest BCUT2D eigenvalue weighted by Crippen LogP contribution is -2.39. The number of benzene rings is 2. The minimum absolute atomic E-state index is 0.109. The van der Waals surface area contributed by atoms with Gasteiger partial charge in [0.15, 0.2) is 6.61 Å². The summed E-state index contributed by atoms with van der Waals surface area (Å²) in [6.45, 7) is 1.60. The maximum absolute atomic E-state index is 11.9. The number of nitrogens with one attached hydrogen (secondary N) is 2. The highest BCUT2D eigenvalue weighted by Crippen LogP contribution is 2.17. The van der Waals surface area contributed by atoms with Crippen LogP contribution >= 0.6 is 11.6 Å². The molecule has 0 spiro atoms. The molecular weight excluding hydrogens is 328 g/mol.